The van der Waals surface area contributed by atoms with Crippen molar-refractivity contribution < 1.29 is 31.1 Å². The Morgan fingerprint density at radius 3 is 2.52 bits per heavy atom. The van der Waals surface area contributed by atoms with Crippen LogP contribution in [0.5, 0.6) is 0 Å². The summed E-state index contributed by atoms with van der Waals surface area (Å²) in [4.78, 5) is 14.6. The van der Waals surface area contributed by atoms with E-state index >= 15 is 0 Å². The monoisotopic (exact) mass is 460 g/mol. The Hall–Kier alpha value is -1.65. The van der Waals surface area contributed by atoms with Crippen molar-refractivity contribution in [1.29, 1.82) is 0 Å². The highest BCUT2D eigenvalue weighted by molar-refractivity contribution is 7.88. The molecule has 3 aliphatic heterocycles. The molecule has 0 bridgehead atoms. The maximum atomic E-state index is 13.0. The topological polar surface area (TPSA) is 66.9 Å². The molecule has 6 nitrogen and oxygen atoms in total. The molecule has 31 heavy (non-hydrogen) atoms. The molecule has 4 rings (SSSR count). The molecule has 3 fully saturated rings. The first-order chi connectivity index (χ1) is 14.4. The van der Waals surface area contributed by atoms with Crippen LogP contribution in [0, 0.1) is 11.8 Å². The lowest BCUT2D eigenvalue weighted by atomic mass is 9.80. The third-order valence-corrected chi connectivity index (χ3v) is 8.61. The molecule has 3 atom stereocenters. The van der Waals surface area contributed by atoms with Crippen LogP contribution in [-0.4, -0.2) is 55.0 Å². The number of ether oxygens (including phenoxy) is 1. The van der Waals surface area contributed by atoms with E-state index in [1.54, 1.807) is 0 Å². The lowest BCUT2D eigenvalue weighted by molar-refractivity contribution is -0.187. The molecular weight excluding hydrogens is 433 g/mol. The van der Waals surface area contributed by atoms with Crippen molar-refractivity contribution in [2.75, 3.05) is 19.7 Å². The van der Waals surface area contributed by atoms with Gasteiger partial charge in [0.25, 0.3) is 0 Å². The van der Waals surface area contributed by atoms with E-state index in [-0.39, 0.29) is 42.6 Å². The van der Waals surface area contributed by atoms with Gasteiger partial charge in [0.15, 0.2) is 0 Å². The number of carbonyl (C=O) groups excluding carboxylic acids is 1. The molecule has 2 unspecified atom stereocenters. The number of halogens is 3. The minimum Gasteiger partial charge on any atom is -0.353 e. The van der Waals surface area contributed by atoms with Gasteiger partial charge in [0.05, 0.1) is 24.0 Å². The van der Waals surface area contributed by atoms with Gasteiger partial charge in [-0.15, -0.1) is 0 Å². The van der Waals surface area contributed by atoms with Crippen molar-refractivity contribution in [3.05, 3.63) is 35.4 Å². The standard InChI is InChI=1S/C21H27F3N2O4S/c1-14(2)18-12-30-20-9-10-25(11-17(20)7-8-19(27)26(18)20)31(28,29)13-15-3-5-16(6-4-15)21(22,23)24/h3-6,14,17-18H,7-13H2,1-2H3/t17?,18-,20?/m1/s1. The van der Waals surface area contributed by atoms with Crippen molar-refractivity contribution in [1.82, 2.24) is 9.21 Å². The van der Waals surface area contributed by atoms with Crippen LogP contribution in [0.25, 0.3) is 0 Å². The van der Waals surface area contributed by atoms with Crippen LogP contribution < -0.4 is 0 Å². The van der Waals surface area contributed by atoms with E-state index in [2.05, 4.69) is 0 Å². The van der Waals surface area contributed by atoms with E-state index in [1.807, 2.05) is 18.7 Å². The molecule has 1 amide bonds. The Bertz CT molecular complexity index is 948. The maximum absolute atomic E-state index is 13.0. The van der Waals surface area contributed by atoms with E-state index in [4.69, 9.17) is 4.74 Å². The molecule has 0 radical (unpaired) electrons. The number of sulfonamides is 1. The van der Waals surface area contributed by atoms with E-state index in [1.165, 1.54) is 16.4 Å². The summed E-state index contributed by atoms with van der Waals surface area (Å²) in [7, 11) is -3.72. The zero-order chi connectivity index (χ0) is 22.6. The smallest absolute Gasteiger partial charge is 0.353 e. The van der Waals surface area contributed by atoms with Crippen LogP contribution in [0.1, 0.15) is 44.2 Å². The number of alkyl halides is 3. The Morgan fingerprint density at radius 2 is 1.90 bits per heavy atom. The van der Waals surface area contributed by atoms with Crippen LogP contribution >= 0.6 is 0 Å². The lowest BCUT2D eigenvalue weighted by Gasteiger charge is -2.52. The highest BCUT2D eigenvalue weighted by atomic mass is 32.2. The van der Waals surface area contributed by atoms with Gasteiger partial charge in [0, 0.05) is 31.8 Å². The molecular formula is C21H27F3N2O4S. The molecule has 1 aromatic rings. The molecule has 0 aliphatic carbocycles. The van der Waals surface area contributed by atoms with E-state index < -0.39 is 27.5 Å². The van der Waals surface area contributed by atoms with Crippen LogP contribution in [0.15, 0.2) is 24.3 Å². The molecule has 1 aromatic carbocycles. The zero-order valence-corrected chi connectivity index (χ0v) is 18.4. The number of nitrogens with zero attached hydrogens (tertiary/aromatic N) is 2. The zero-order valence-electron chi connectivity index (χ0n) is 17.6. The number of rotatable bonds is 4. The summed E-state index contributed by atoms with van der Waals surface area (Å²) in [5.41, 5.74) is -1.24. The highest BCUT2D eigenvalue weighted by Gasteiger charge is 2.59. The third kappa shape index (κ3) is 3.98. The Morgan fingerprint density at radius 1 is 1.23 bits per heavy atom. The number of piperidine rings is 2. The van der Waals surface area contributed by atoms with Crippen molar-refractivity contribution in [3.8, 4) is 0 Å². The second kappa shape index (κ2) is 7.74. The van der Waals surface area contributed by atoms with Crippen LogP contribution in [-0.2, 0) is 31.5 Å². The Labute approximate surface area is 180 Å². The van der Waals surface area contributed by atoms with Crippen molar-refractivity contribution >= 4 is 15.9 Å². The van der Waals surface area contributed by atoms with Gasteiger partial charge in [-0.3, -0.25) is 4.79 Å². The van der Waals surface area contributed by atoms with Gasteiger partial charge in [0.2, 0.25) is 15.9 Å². The second-order valence-corrected chi connectivity index (χ2v) is 11.0. The van der Waals surface area contributed by atoms with Gasteiger partial charge < -0.3 is 9.64 Å². The fourth-order valence-electron chi connectivity index (χ4n) is 5.10. The fourth-order valence-corrected chi connectivity index (χ4v) is 6.67. The maximum Gasteiger partial charge on any atom is 0.416 e. The number of hydrogen-bond acceptors (Lipinski definition) is 4. The minimum absolute atomic E-state index is 0.00870. The molecule has 0 saturated carbocycles. The van der Waals surface area contributed by atoms with E-state index in [9.17, 15) is 26.4 Å². The fraction of sp³-hybridized carbons (Fsp3) is 0.667. The van der Waals surface area contributed by atoms with Crippen molar-refractivity contribution in [3.63, 3.8) is 0 Å². The second-order valence-electron chi connectivity index (χ2n) is 9.03. The predicted molar refractivity (Wildman–Crippen MR) is 107 cm³/mol. The van der Waals surface area contributed by atoms with Crippen LogP contribution in [0.3, 0.4) is 0 Å². The van der Waals surface area contributed by atoms with Crippen molar-refractivity contribution in [2.45, 2.75) is 56.8 Å². The van der Waals surface area contributed by atoms with E-state index in [0.29, 0.717) is 31.4 Å². The van der Waals surface area contributed by atoms with Gasteiger partial charge in [-0.25, -0.2) is 12.7 Å². The number of amides is 1. The Kier molecular flexibility index (Phi) is 5.63. The van der Waals surface area contributed by atoms with Gasteiger partial charge in [-0.1, -0.05) is 26.0 Å². The molecule has 0 aromatic heterocycles. The van der Waals surface area contributed by atoms with Gasteiger partial charge >= 0.3 is 6.18 Å². The summed E-state index contributed by atoms with van der Waals surface area (Å²) in [5.74, 6) is -0.176. The summed E-state index contributed by atoms with van der Waals surface area (Å²) in [6.07, 6.45) is -3.13. The number of carbonyl (C=O) groups is 1. The molecule has 1 spiro atoms. The van der Waals surface area contributed by atoms with Gasteiger partial charge in [0.1, 0.15) is 5.72 Å². The first-order valence-corrected chi connectivity index (χ1v) is 12.1. The molecule has 3 aliphatic rings. The highest BCUT2D eigenvalue weighted by Crippen LogP contribution is 2.48. The van der Waals surface area contributed by atoms with Crippen LogP contribution in [0.2, 0.25) is 0 Å². The average molecular weight is 461 g/mol. The molecule has 172 valence electrons. The van der Waals surface area contributed by atoms with Crippen LogP contribution in [0.4, 0.5) is 13.2 Å². The van der Waals surface area contributed by atoms with E-state index in [0.717, 1.165) is 12.1 Å². The SMILES string of the molecule is CC(C)[C@H]1COC23CCN(S(=O)(=O)Cc4ccc(C(F)(F)F)cc4)CC2CCC(=O)N13. The quantitative estimate of drug-likeness (QED) is 0.692. The number of benzene rings is 1. The summed E-state index contributed by atoms with van der Waals surface area (Å²) in [6.45, 7) is 5.02. The largest absolute Gasteiger partial charge is 0.416 e. The molecule has 3 heterocycles. The summed E-state index contributed by atoms with van der Waals surface area (Å²) in [6, 6.07) is 4.21. The minimum atomic E-state index is -4.46. The van der Waals surface area contributed by atoms with Gasteiger partial charge in [-0.05, 0) is 30.0 Å². The predicted octanol–water partition coefficient (Wildman–Crippen LogP) is 3.23. The molecule has 0 N–H and O–H groups in total. The summed E-state index contributed by atoms with van der Waals surface area (Å²) in [5, 5.41) is 0. The first-order valence-electron chi connectivity index (χ1n) is 10.5. The molecule has 3 saturated heterocycles. The molecule has 10 heteroatoms. The lowest BCUT2D eigenvalue weighted by Crippen LogP contribution is -2.65. The first kappa shape index (κ1) is 22.5. The summed E-state index contributed by atoms with van der Waals surface area (Å²) < 4.78 is 71.9. The van der Waals surface area contributed by atoms with Gasteiger partial charge in [-0.2, -0.15) is 13.2 Å². The normalized spacial score (nSPS) is 29.9. The summed E-state index contributed by atoms with van der Waals surface area (Å²) >= 11 is 0. The third-order valence-electron chi connectivity index (χ3n) is 6.79. The van der Waals surface area contributed by atoms with Crippen molar-refractivity contribution in [2.24, 2.45) is 11.8 Å². The number of hydrogen-bond donors (Lipinski definition) is 0. The average Bonchev–Trinajstić information content (AvgIpc) is 3.08. The Balaban J connectivity index is 1.50.